The smallest absolute Gasteiger partial charge is 0.262 e. The SMILES string of the molecule is COc1ccc(OC)c(C2CC(c3ccccc3F)=NN2C(=O)CN(CCN2CCOCC2)C(=O)C2CC2)c1. The van der Waals surface area contributed by atoms with E-state index < -0.39 is 11.9 Å². The first-order valence-corrected chi connectivity index (χ1v) is 13.4. The Morgan fingerprint density at radius 3 is 2.56 bits per heavy atom. The maximum atomic E-state index is 14.8. The van der Waals surface area contributed by atoms with Crippen molar-refractivity contribution in [2.24, 2.45) is 11.0 Å². The zero-order valence-corrected chi connectivity index (χ0v) is 22.5. The molecule has 2 aromatic carbocycles. The summed E-state index contributed by atoms with van der Waals surface area (Å²) < 4.78 is 31.2. The predicted octanol–water partition coefficient (Wildman–Crippen LogP) is 3.09. The van der Waals surface area contributed by atoms with Gasteiger partial charge in [0.15, 0.2) is 0 Å². The van der Waals surface area contributed by atoms with Crippen LogP contribution in [0.4, 0.5) is 4.39 Å². The number of rotatable bonds is 10. The van der Waals surface area contributed by atoms with Crippen molar-refractivity contribution in [2.45, 2.75) is 25.3 Å². The second-order valence-electron chi connectivity index (χ2n) is 10.1. The molecule has 208 valence electrons. The van der Waals surface area contributed by atoms with Crippen LogP contribution in [-0.2, 0) is 14.3 Å². The Kier molecular flexibility index (Phi) is 8.42. The topological polar surface area (TPSA) is 83.9 Å². The summed E-state index contributed by atoms with van der Waals surface area (Å²) in [6.45, 7) is 3.97. The number of hydrogen-bond acceptors (Lipinski definition) is 7. The van der Waals surface area contributed by atoms with E-state index in [1.165, 1.54) is 11.1 Å². The number of ether oxygens (including phenoxy) is 3. The lowest BCUT2D eigenvalue weighted by Gasteiger charge is -2.31. The van der Waals surface area contributed by atoms with Crippen molar-refractivity contribution in [1.82, 2.24) is 14.8 Å². The number of amides is 2. The van der Waals surface area contributed by atoms with Crippen molar-refractivity contribution < 1.29 is 28.2 Å². The molecule has 0 N–H and O–H groups in total. The molecule has 2 amide bonds. The summed E-state index contributed by atoms with van der Waals surface area (Å²) in [6, 6.07) is 11.2. The first kappa shape index (κ1) is 27.1. The molecule has 1 unspecified atom stereocenters. The Hall–Kier alpha value is -3.50. The molecule has 1 saturated carbocycles. The van der Waals surface area contributed by atoms with Gasteiger partial charge in [-0.05, 0) is 37.1 Å². The second kappa shape index (κ2) is 12.1. The van der Waals surface area contributed by atoms with E-state index in [-0.39, 0.29) is 24.3 Å². The lowest BCUT2D eigenvalue weighted by atomic mass is 9.97. The number of nitrogens with zero attached hydrogens (tertiary/aromatic N) is 4. The van der Waals surface area contributed by atoms with Gasteiger partial charge in [0.05, 0.1) is 39.2 Å². The van der Waals surface area contributed by atoms with Gasteiger partial charge in [0.2, 0.25) is 5.91 Å². The molecule has 1 atom stereocenters. The third-order valence-corrected chi connectivity index (χ3v) is 7.50. The van der Waals surface area contributed by atoms with Crippen LogP contribution in [0.3, 0.4) is 0 Å². The van der Waals surface area contributed by atoms with Crippen LogP contribution >= 0.6 is 0 Å². The number of morpholine rings is 1. The van der Waals surface area contributed by atoms with Gasteiger partial charge < -0.3 is 19.1 Å². The second-order valence-corrected chi connectivity index (χ2v) is 10.1. The highest BCUT2D eigenvalue weighted by molar-refractivity contribution is 6.03. The van der Waals surface area contributed by atoms with Crippen molar-refractivity contribution in [3.8, 4) is 11.5 Å². The van der Waals surface area contributed by atoms with Crippen molar-refractivity contribution in [3.63, 3.8) is 0 Å². The molecule has 9 nitrogen and oxygen atoms in total. The van der Waals surface area contributed by atoms with Gasteiger partial charge in [0, 0.05) is 49.6 Å². The van der Waals surface area contributed by atoms with Gasteiger partial charge in [0.1, 0.15) is 23.9 Å². The summed E-state index contributed by atoms with van der Waals surface area (Å²) in [4.78, 5) is 31.0. The molecule has 2 aromatic rings. The summed E-state index contributed by atoms with van der Waals surface area (Å²) in [5, 5.41) is 6.02. The van der Waals surface area contributed by atoms with Crippen LogP contribution in [0.5, 0.6) is 11.5 Å². The van der Waals surface area contributed by atoms with Crippen molar-refractivity contribution in [3.05, 3.63) is 59.4 Å². The van der Waals surface area contributed by atoms with E-state index >= 15 is 0 Å². The average Bonchev–Trinajstić information content (AvgIpc) is 3.73. The molecule has 2 fully saturated rings. The summed E-state index contributed by atoms with van der Waals surface area (Å²) >= 11 is 0. The van der Waals surface area contributed by atoms with E-state index in [4.69, 9.17) is 14.2 Å². The van der Waals surface area contributed by atoms with Crippen molar-refractivity contribution >= 4 is 17.5 Å². The summed E-state index contributed by atoms with van der Waals surface area (Å²) in [5.74, 6) is 0.429. The van der Waals surface area contributed by atoms with Crippen molar-refractivity contribution in [2.75, 3.05) is 60.2 Å². The minimum Gasteiger partial charge on any atom is -0.497 e. The Morgan fingerprint density at radius 2 is 1.87 bits per heavy atom. The van der Waals surface area contributed by atoms with Gasteiger partial charge >= 0.3 is 0 Å². The number of hydrazone groups is 1. The molecule has 3 aliphatic rings. The fourth-order valence-electron chi connectivity index (χ4n) is 5.12. The van der Waals surface area contributed by atoms with Gasteiger partial charge in [-0.1, -0.05) is 18.2 Å². The Labute approximate surface area is 228 Å². The number of methoxy groups -OCH3 is 2. The van der Waals surface area contributed by atoms with Crippen LogP contribution in [-0.4, -0.2) is 92.5 Å². The Bertz CT molecular complexity index is 1230. The number of hydrogen-bond donors (Lipinski definition) is 0. The van der Waals surface area contributed by atoms with Gasteiger partial charge in [-0.15, -0.1) is 0 Å². The quantitative estimate of drug-likeness (QED) is 0.462. The molecule has 5 rings (SSSR count). The highest BCUT2D eigenvalue weighted by Crippen LogP contribution is 2.40. The maximum Gasteiger partial charge on any atom is 0.262 e. The van der Waals surface area contributed by atoms with Crippen LogP contribution < -0.4 is 9.47 Å². The van der Waals surface area contributed by atoms with Crippen LogP contribution in [0.2, 0.25) is 0 Å². The Balaban J connectivity index is 1.43. The molecule has 0 spiro atoms. The molecule has 0 aromatic heterocycles. The van der Waals surface area contributed by atoms with E-state index in [0.717, 1.165) is 25.9 Å². The maximum absolute atomic E-state index is 14.8. The molecule has 2 aliphatic heterocycles. The summed E-state index contributed by atoms with van der Waals surface area (Å²) in [6.07, 6.45) is 1.99. The number of halogens is 1. The minimum absolute atomic E-state index is 0.00428. The highest BCUT2D eigenvalue weighted by atomic mass is 19.1. The molecule has 1 saturated heterocycles. The van der Waals surface area contributed by atoms with E-state index in [1.54, 1.807) is 49.5 Å². The van der Waals surface area contributed by atoms with Gasteiger partial charge in [-0.3, -0.25) is 14.5 Å². The van der Waals surface area contributed by atoms with E-state index in [0.29, 0.717) is 61.1 Å². The molecule has 1 aliphatic carbocycles. The normalized spacial score (nSPS) is 19.5. The standard InChI is InChI=1S/C29H35FN4O5/c1-37-21-9-10-27(38-2)23(17-21)26-18-25(22-5-3-4-6-24(22)30)31-34(26)28(35)19-33(29(36)20-7-8-20)12-11-32-13-15-39-16-14-32/h3-6,9-10,17,20,26H,7-8,11-16,18-19H2,1-2H3. The van der Waals surface area contributed by atoms with E-state index in [9.17, 15) is 14.0 Å². The number of carbonyl (C=O) groups excluding carboxylic acids is 2. The average molecular weight is 539 g/mol. The third-order valence-electron chi connectivity index (χ3n) is 7.50. The molecular formula is C29H35FN4O5. The van der Waals surface area contributed by atoms with E-state index in [2.05, 4.69) is 10.0 Å². The first-order chi connectivity index (χ1) is 19.0. The van der Waals surface area contributed by atoms with Gasteiger partial charge in [-0.2, -0.15) is 5.10 Å². The van der Waals surface area contributed by atoms with Gasteiger partial charge in [-0.25, -0.2) is 9.40 Å². The zero-order chi connectivity index (χ0) is 27.4. The van der Waals surface area contributed by atoms with Crippen LogP contribution in [0, 0.1) is 11.7 Å². The third kappa shape index (κ3) is 6.23. The van der Waals surface area contributed by atoms with Crippen LogP contribution in [0.25, 0.3) is 0 Å². The first-order valence-electron chi connectivity index (χ1n) is 13.4. The molecular weight excluding hydrogens is 503 g/mol. The fraction of sp³-hybridized carbons (Fsp3) is 0.483. The number of carbonyl (C=O) groups is 2. The van der Waals surface area contributed by atoms with E-state index in [1.807, 2.05) is 6.07 Å². The molecule has 0 bridgehead atoms. The molecule has 0 radical (unpaired) electrons. The predicted molar refractivity (Wildman–Crippen MR) is 143 cm³/mol. The lowest BCUT2D eigenvalue weighted by Crippen LogP contribution is -2.47. The monoisotopic (exact) mass is 538 g/mol. The summed E-state index contributed by atoms with van der Waals surface area (Å²) in [5.41, 5.74) is 1.51. The summed E-state index contributed by atoms with van der Waals surface area (Å²) in [7, 11) is 3.13. The minimum atomic E-state index is -0.547. The fourth-order valence-corrected chi connectivity index (χ4v) is 5.12. The Morgan fingerprint density at radius 1 is 1.10 bits per heavy atom. The molecule has 10 heteroatoms. The van der Waals surface area contributed by atoms with Crippen LogP contribution in [0.15, 0.2) is 47.6 Å². The largest absolute Gasteiger partial charge is 0.497 e. The van der Waals surface area contributed by atoms with Gasteiger partial charge in [0.25, 0.3) is 5.91 Å². The van der Waals surface area contributed by atoms with Crippen molar-refractivity contribution in [1.29, 1.82) is 0 Å². The molecule has 39 heavy (non-hydrogen) atoms. The lowest BCUT2D eigenvalue weighted by molar-refractivity contribution is -0.142. The highest BCUT2D eigenvalue weighted by Gasteiger charge is 2.39. The van der Waals surface area contributed by atoms with Crippen LogP contribution in [0.1, 0.15) is 36.4 Å². The molecule has 2 heterocycles. The zero-order valence-electron chi connectivity index (χ0n) is 22.5. The number of benzene rings is 2.